The van der Waals surface area contributed by atoms with Crippen LogP contribution in [0.15, 0.2) is 35.7 Å². The predicted octanol–water partition coefficient (Wildman–Crippen LogP) is 1.73. The largest absolute Gasteiger partial charge is 0.224 e. The second kappa shape index (κ2) is 3.11. The van der Waals surface area contributed by atoms with Crippen molar-refractivity contribution in [3.8, 4) is 0 Å². The van der Waals surface area contributed by atoms with Crippen LogP contribution in [0.25, 0.3) is 6.08 Å². The molecule has 0 atom stereocenters. The maximum atomic E-state index is 11.0. The molecule has 0 heterocycles. The fourth-order valence-electron chi connectivity index (χ4n) is 0.851. The lowest BCUT2D eigenvalue weighted by molar-refractivity contribution is 0.602. The second-order valence-corrected chi connectivity index (χ2v) is 4.56. The van der Waals surface area contributed by atoms with Gasteiger partial charge >= 0.3 is 0 Å². The van der Waals surface area contributed by atoms with E-state index in [2.05, 4.69) is 6.58 Å². The molecule has 1 aromatic rings. The molecular formula is C9H10O2S. The van der Waals surface area contributed by atoms with Gasteiger partial charge in [-0.15, -0.1) is 0 Å². The van der Waals surface area contributed by atoms with E-state index in [-0.39, 0.29) is 0 Å². The van der Waals surface area contributed by atoms with E-state index in [1.54, 1.807) is 30.3 Å². The van der Waals surface area contributed by atoms with Gasteiger partial charge in [-0.25, -0.2) is 8.42 Å². The fourth-order valence-corrected chi connectivity index (χ4v) is 1.48. The van der Waals surface area contributed by atoms with Gasteiger partial charge in [-0.3, -0.25) is 0 Å². The maximum Gasteiger partial charge on any atom is 0.175 e. The highest BCUT2D eigenvalue weighted by atomic mass is 32.2. The summed E-state index contributed by atoms with van der Waals surface area (Å²) in [5.74, 6) is 0. The van der Waals surface area contributed by atoms with Crippen LogP contribution in [0.4, 0.5) is 0 Å². The molecule has 1 rings (SSSR count). The lowest BCUT2D eigenvalue weighted by atomic mass is 10.2. The molecule has 0 saturated carbocycles. The average molecular weight is 182 g/mol. The number of benzene rings is 1. The summed E-state index contributed by atoms with van der Waals surface area (Å²) in [7, 11) is -3.06. The maximum absolute atomic E-state index is 11.0. The highest BCUT2D eigenvalue weighted by Crippen LogP contribution is 2.10. The molecule has 0 aromatic heterocycles. The Labute approximate surface area is 72.5 Å². The van der Waals surface area contributed by atoms with E-state index in [0.717, 1.165) is 5.56 Å². The molecule has 3 heteroatoms. The van der Waals surface area contributed by atoms with E-state index in [1.165, 1.54) is 6.26 Å². The smallest absolute Gasteiger partial charge is 0.175 e. The average Bonchev–Trinajstić information content (AvgIpc) is 2.03. The number of sulfone groups is 1. The summed E-state index contributed by atoms with van der Waals surface area (Å²) in [6.07, 6.45) is 2.86. The van der Waals surface area contributed by atoms with Gasteiger partial charge in [0, 0.05) is 6.26 Å². The second-order valence-electron chi connectivity index (χ2n) is 2.55. The molecule has 0 fully saturated rings. The molecule has 0 saturated heterocycles. The van der Waals surface area contributed by atoms with Crippen LogP contribution in [0.1, 0.15) is 5.56 Å². The molecule has 0 aliphatic heterocycles. The molecule has 0 amide bonds. The highest BCUT2D eigenvalue weighted by molar-refractivity contribution is 7.90. The van der Waals surface area contributed by atoms with E-state index in [0.29, 0.717) is 4.90 Å². The van der Waals surface area contributed by atoms with Gasteiger partial charge < -0.3 is 0 Å². The van der Waals surface area contributed by atoms with E-state index in [9.17, 15) is 8.42 Å². The van der Waals surface area contributed by atoms with E-state index in [4.69, 9.17) is 0 Å². The zero-order valence-corrected chi connectivity index (χ0v) is 7.64. The highest BCUT2D eigenvalue weighted by Gasteiger charge is 2.04. The molecule has 0 bridgehead atoms. The van der Waals surface area contributed by atoms with Crippen molar-refractivity contribution in [1.29, 1.82) is 0 Å². The number of hydrogen-bond acceptors (Lipinski definition) is 2. The summed E-state index contributed by atoms with van der Waals surface area (Å²) >= 11 is 0. The van der Waals surface area contributed by atoms with Gasteiger partial charge in [0.25, 0.3) is 0 Å². The van der Waals surface area contributed by atoms with Crippen LogP contribution in [0, 0.1) is 0 Å². The normalized spacial score (nSPS) is 11.1. The van der Waals surface area contributed by atoms with Gasteiger partial charge in [-0.05, 0) is 17.7 Å². The Kier molecular flexibility index (Phi) is 2.33. The Balaban J connectivity index is 3.17. The molecular weight excluding hydrogens is 172 g/mol. The van der Waals surface area contributed by atoms with Crippen LogP contribution >= 0.6 is 0 Å². The van der Waals surface area contributed by atoms with E-state index in [1.807, 2.05) is 0 Å². The summed E-state index contributed by atoms with van der Waals surface area (Å²) in [5, 5.41) is 0. The van der Waals surface area contributed by atoms with Crippen LogP contribution in [-0.2, 0) is 9.84 Å². The summed E-state index contributed by atoms with van der Waals surface area (Å²) in [6.45, 7) is 3.57. The Morgan fingerprint density at radius 2 is 1.75 bits per heavy atom. The van der Waals surface area contributed by atoms with Crippen molar-refractivity contribution in [3.05, 3.63) is 36.4 Å². The molecule has 0 unspecified atom stereocenters. The lowest BCUT2D eigenvalue weighted by Gasteiger charge is -1.97. The Bertz CT molecular complexity index is 373. The minimum atomic E-state index is -3.06. The van der Waals surface area contributed by atoms with Gasteiger partial charge in [-0.1, -0.05) is 24.8 Å². The van der Waals surface area contributed by atoms with Gasteiger partial charge in [0.05, 0.1) is 4.90 Å². The fraction of sp³-hybridized carbons (Fsp3) is 0.111. The van der Waals surface area contributed by atoms with Gasteiger partial charge in [0.2, 0.25) is 0 Å². The zero-order chi connectivity index (χ0) is 9.19. The van der Waals surface area contributed by atoms with Crippen LogP contribution in [0.3, 0.4) is 0 Å². The monoisotopic (exact) mass is 182 g/mol. The van der Waals surface area contributed by atoms with Crippen molar-refractivity contribution >= 4 is 15.9 Å². The van der Waals surface area contributed by atoms with Crippen molar-refractivity contribution in [1.82, 2.24) is 0 Å². The molecule has 64 valence electrons. The lowest BCUT2D eigenvalue weighted by Crippen LogP contribution is -1.95. The quantitative estimate of drug-likeness (QED) is 0.698. The van der Waals surface area contributed by atoms with Gasteiger partial charge in [0.1, 0.15) is 0 Å². The van der Waals surface area contributed by atoms with Crippen LogP contribution < -0.4 is 0 Å². The first-order chi connectivity index (χ1) is 5.54. The molecule has 1 aromatic carbocycles. The Hall–Kier alpha value is -1.09. The van der Waals surface area contributed by atoms with Crippen molar-refractivity contribution in [2.75, 3.05) is 6.26 Å². The SMILES string of the molecule is C=Cc1ccc(S(C)(=O)=O)cc1. The molecule has 0 radical (unpaired) electrons. The molecule has 0 aliphatic rings. The Morgan fingerprint density at radius 3 is 2.08 bits per heavy atom. The molecule has 0 aliphatic carbocycles. The first kappa shape index (κ1) is 9.00. The van der Waals surface area contributed by atoms with Gasteiger partial charge in [-0.2, -0.15) is 0 Å². The van der Waals surface area contributed by atoms with Crippen molar-refractivity contribution in [3.63, 3.8) is 0 Å². The third kappa shape index (κ3) is 1.95. The first-order valence-electron chi connectivity index (χ1n) is 3.46. The zero-order valence-electron chi connectivity index (χ0n) is 6.82. The first-order valence-corrected chi connectivity index (χ1v) is 5.36. The molecule has 12 heavy (non-hydrogen) atoms. The summed E-state index contributed by atoms with van der Waals surface area (Å²) in [6, 6.07) is 6.60. The van der Waals surface area contributed by atoms with Crippen LogP contribution in [0.2, 0.25) is 0 Å². The molecule has 0 N–H and O–H groups in total. The summed E-state index contributed by atoms with van der Waals surface area (Å²) in [5.41, 5.74) is 0.919. The van der Waals surface area contributed by atoms with E-state index >= 15 is 0 Å². The number of rotatable bonds is 2. The van der Waals surface area contributed by atoms with Crippen molar-refractivity contribution < 1.29 is 8.42 Å². The topological polar surface area (TPSA) is 34.1 Å². The standard InChI is InChI=1S/C9H10O2S/c1-3-8-4-6-9(7-5-8)12(2,10)11/h3-7H,1H2,2H3. The molecule has 2 nitrogen and oxygen atoms in total. The minimum absolute atomic E-state index is 0.341. The summed E-state index contributed by atoms with van der Waals surface area (Å²) in [4.78, 5) is 0.341. The third-order valence-electron chi connectivity index (χ3n) is 1.54. The van der Waals surface area contributed by atoms with Crippen molar-refractivity contribution in [2.24, 2.45) is 0 Å². The van der Waals surface area contributed by atoms with Crippen LogP contribution in [-0.4, -0.2) is 14.7 Å². The Morgan fingerprint density at radius 1 is 1.25 bits per heavy atom. The summed E-state index contributed by atoms with van der Waals surface area (Å²) < 4.78 is 22.0. The predicted molar refractivity (Wildman–Crippen MR) is 49.6 cm³/mol. The van der Waals surface area contributed by atoms with Crippen LogP contribution in [0.5, 0.6) is 0 Å². The third-order valence-corrected chi connectivity index (χ3v) is 2.67. The molecule has 0 spiro atoms. The van der Waals surface area contributed by atoms with Crippen molar-refractivity contribution in [2.45, 2.75) is 4.90 Å². The van der Waals surface area contributed by atoms with Gasteiger partial charge in [0.15, 0.2) is 9.84 Å². The minimum Gasteiger partial charge on any atom is -0.224 e. The van der Waals surface area contributed by atoms with E-state index < -0.39 is 9.84 Å². The number of hydrogen-bond donors (Lipinski definition) is 0.